The first-order chi connectivity index (χ1) is 7.15. The molecule has 2 aliphatic rings. The topological polar surface area (TPSA) is 15.3 Å². The SMILES string of the molecule is CC1CC(N2CCCC(NC(C)C)C2)C1. The van der Waals surface area contributed by atoms with Gasteiger partial charge >= 0.3 is 0 Å². The number of nitrogens with one attached hydrogen (secondary N) is 1. The van der Waals surface area contributed by atoms with Crippen molar-refractivity contribution in [1.82, 2.24) is 10.2 Å². The van der Waals surface area contributed by atoms with E-state index in [1.807, 2.05) is 0 Å². The van der Waals surface area contributed by atoms with Gasteiger partial charge in [-0.25, -0.2) is 0 Å². The van der Waals surface area contributed by atoms with Crippen molar-refractivity contribution in [3.63, 3.8) is 0 Å². The third-order valence-electron chi connectivity index (χ3n) is 3.89. The molecule has 2 nitrogen and oxygen atoms in total. The Morgan fingerprint density at radius 2 is 2.00 bits per heavy atom. The molecule has 1 heterocycles. The number of hydrogen-bond acceptors (Lipinski definition) is 2. The summed E-state index contributed by atoms with van der Waals surface area (Å²) in [6.07, 6.45) is 5.63. The molecule has 0 bridgehead atoms. The van der Waals surface area contributed by atoms with Gasteiger partial charge in [0.25, 0.3) is 0 Å². The van der Waals surface area contributed by atoms with Crippen LogP contribution in [-0.2, 0) is 0 Å². The van der Waals surface area contributed by atoms with Crippen LogP contribution >= 0.6 is 0 Å². The highest BCUT2D eigenvalue weighted by Gasteiger charge is 2.33. The molecule has 2 heteroatoms. The fourth-order valence-electron chi connectivity index (χ4n) is 3.10. The first kappa shape index (κ1) is 11.4. The van der Waals surface area contributed by atoms with Crippen LogP contribution in [0, 0.1) is 5.92 Å². The second-order valence-electron chi connectivity index (χ2n) is 5.89. The Bertz CT molecular complexity index is 197. The number of rotatable bonds is 3. The second-order valence-corrected chi connectivity index (χ2v) is 5.89. The van der Waals surface area contributed by atoms with Crippen molar-refractivity contribution in [3.05, 3.63) is 0 Å². The van der Waals surface area contributed by atoms with E-state index in [9.17, 15) is 0 Å². The minimum atomic E-state index is 0.635. The Balaban J connectivity index is 1.77. The largest absolute Gasteiger partial charge is 0.311 e. The molecule has 88 valence electrons. The lowest BCUT2D eigenvalue weighted by atomic mass is 9.80. The first-order valence-corrected chi connectivity index (χ1v) is 6.65. The van der Waals surface area contributed by atoms with Gasteiger partial charge < -0.3 is 5.32 Å². The molecule has 0 aromatic heterocycles. The average molecular weight is 210 g/mol. The normalized spacial score (nSPS) is 38.0. The summed E-state index contributed by atoms with van der Waals surface area (Å²) in [5.41, 5.74) is 0. The summed E-state index contributed by atoms with van der Waals surface area (Å²) in [4.78, 5) is 2.73. The molecule has 1 saturated carbocycles. The van der Waals surface area contributed by atoms with Gasteiger partial charge in [0.15, 0.2) is 0 Å². The molecule has 1 N–H and O–H groups in total. The maximum absolute atomic E-state index is 3.68. The number of hydrogen-bond donors (Lipinski definition) is 1. The highest BCUT2D eigenvalue weighted by Crippen LogP contribution is 2.32. The molecule has 0 radical (unpaired) electrons. The van der Waals surface area contributed by atoms with Crippen LogP contribution < -0.4 is 5.32 Å². The van der Waals surface area contributed by atoms with Gasteiger partial charge in [-0.2, -0.15) is 0 Å². The molecule has 0 aromatic rings. The van der Waals surface area contributed by atoms with Crippen molar-refractivity contribution in [2.24, 2.45) is 5.92 Å². The van der Waals surface area contributed by atoms with Gasteiger partial charge in [0.2, 0.25) is 0 Å². The maximum Gasteiger partial charge on any atom is 0.0197 e. The van der Waals surface area contributed by atoms with Gasteiger partial charge in [0.05, 0.1) is 0 Å². The van der Waals surface area contributed by atoms with Crippen LogP contribution in [0.15, 0.2) is 0 Å². The minimum absolute atomic E-state index is 0.635. The number of nitrogens with zero attached hydrogens (tertiary/aromatic N) is 1. The molecule has 1 aliphatic carbocycles. The minimum Gasteiger partial charge on any atom is -0.311 e. The smallest absolute Gasteiger partial charge is 0.0197 e. The van der Waals surface area contributed by atoms with Gasteiger partial charge in [0, 0.05) is 24.7 Å². The highest BCUT2D eigenvalue weighted by atomic mass is 15.2. The van der Waals surface area contributed by atoms with Crippen molar-refractivity contribution in [2.45, 2.75) is 64.6 Å². The van der Waals surface area contributed by atoms with Gasteiger partial charge in [-0.05, 0) is 38.1 Å². The van der Waals surface area contributed by atoms with Crippen LogP contribution in [0.1, 0.15) is 46.5 Å². The zero-order valence-electron chi connectivity index (χ0n) is 10.5. The summed E-state index contributed by atoms with van der Waals surface area (Å²) >= 11 is 0. The van der Waals surface area contributed by atoms with E-state index in [2.05, 4.69) is 31.0 Å². The molecular weight excluding hydrogens is 184 g/mol. The number of piperidine rings is 1. The molecule has 2 fully saturated rings. The van der Waals surface area contributed by atoms with Crippen LogP contribution in [0.3, 0.4) is 0 Å². The monoisotopic (exact) mass is 210 g/mol. The van der Waals surface area contributed by atoms with Crippen molar-refractivity contribution >= 4 is 0 Å². The fourth-order valence-corrected chi connectivity index (χ4v) is 3.10. The van der Waals surface area contributed by atoms with Crippen molar-refractivity contribution in [1.29, 1.82) is 0 Å². The molecule has 0 aromatic carbocycles. The van der Waals surface area contributed by atoms with Crippen LogP contribution in [0.25, 0.3) is 0 Å². The van der Waals surface area contributed by atoms with Crippen molar-refractivity contribution < 1.29 is 0 Å². The van der Waals surface area contributed by atoms with Gasteiger partial charge in [-0.1, -0.05) is 20.8 Å². The van der Waals surface area contributed by atoms with Crippen molar-refractivity contribution in [2.75, 3.05) is 13.1 Å². The van der Waals surface area contributed by atoms with E-state index in [1.165, 1.54) is 38.8 Å². The zero-order chi connectivity index (χ0) is 10.8. The highest BCUT2D eigenvalue weighted by molar-refractivity contribution is 4.89. The Hall–Kier alpha value is -0.0800. The maximum atomic E-state index is 3.68. The van der Waals surface area contributed by atoms with E-state index in [0.717, 1.165) is 18.0 Å². The fraction of sp³-hybridized carbons (Fsp3) is 1.00. The summed E-state index contributed by atoms with van der Waals surface area (Å²) < 4.78 is 0. The van der Waals surface area contributed by atoms with Crippen molar-refractivity contribution in [3.8, 4) is 0 Å². The summed E-state index contributed by atoms with van der Waals surface area (Å²) in [6.45, 7) is 9.52. The van der Waals surface area contributed by atoms with E-state index < -0.39 is 0 Å². The lowest BCUT2D eigenvalue weighted by Crippen LogP contribution is -2.54. The molecule has 1 aliphatic heterocycles. The second kappa shape index (κ2) is 4.84. The summed E-state index contributed by atoms with van der Waals surface area (Å²) in [6, 6.07) is 2.29. The third kappa shape index (κ3) is 2.94. The van der Waals surface area contributed by atoms with Gasteiger partial charge in [0.1, 0.15) is 0 Å². The van der Waals surface area contributed by atoms with Crippen LogP contribution in [-0.4, -0.2) is 36.1 Å². The zero-order valence-corrected chi connectivity index (χ0v) is 10.5. The van der Waals surface area contributed by atoms with E-state index in [0.29, 0.717) is 6.04 Å². The number of likely N-dealkylation sites (tertiary alicyclic amines) is 1. The Labute approximate surface area is 94.4 Å². The van der Waals surface area contributed by atoms with E-state index >= 15 is 0 Å². The summed E-state index contributed by atoms with van der Waals surface area (Å²) in [7, 11) is 0. The Kier molecular flexibility index (Phi) is 3.68. The average Bonchev–Trinajstić information content (AvgIpc) is 2.12. The molecule has 0 amide bonds. The lowest BCUT2D eigenvalue weighted by Gasteiger charge is -2.45. The molecule has 2 rings (SSSR count). The summed E-state index contributed by atoms with van der Waals surface area (Å²) in [5, 5.41) is 3.68. The standard InChI is InChI=1S/C13H26N2/c1-10(2)14-12-5-4-6-15(9-12)13-7-11(3)8-13/h10-14H,4-9H2,1-3H3. The molecule has 15 heavy (non-hydrogen) atoms. The molecule has 1 saturated heterocycles. The Morgan fingerprint density at radius 1 is 1.27 bits per heavy atom. The predicted octanol–water partition coefficient (Wildman–Crippen LogP) is 2.25. The van der Waals surface area contributed by atoms with E-state index in [1.54, 1.807) is 0 Å². The Morgan fingerprint density at radius 3 is 2.60 bits per heavy atom. The first-order valence-electron chi connectivity index (χ1n) is 6.65. The van der Waals surface area contributed by atoms with Crippen LogP contribution in [0.4, 0.5) is 0 Å². The molecule has 1 unspecified atom stereocenters. The van der Waals surface area contributed by atoms with Crippen LogP contribution in [0.2, 0.25) is 0 Å². The summed E-state index contributed by atoms with van der Waals surface area (Å²) in [5.74, 6) is 0.980. The van der Waals surface area contributed by atoms with Crippen LogP contribution in [0.5, 0.6) is 0 Å². The van der Waals surface area contributed by atoms with Gasteiger partial charge in [-0.3, -0.25) is 4.90 Å². The van der Waals surface area contributed by atoms with Gasteiger partial charge in [-0.15, -0.1) is 0 Å². The quantitative estimate of drug-likeness (QED) is 0.768. The van der Waals surface area contributed by atoms with E-state index in [-0.39, 0.29) is 0 Å². The molecular formula is C13H26N2. The lowest BCUT2D eigenvalue weighted by molar-refractivity contribution is 0.0552. The predicted molar refractivity (Wildman–Crippen MR) is 65.1 cm³/mol. The third-order valence-corrected chi connectivity index (χ3v) is 3.89. The molecule has 0 spiro atoms. The molecule has 1 atom stereocenters. The van der Waals surface area contributed by atoms with E-state index in [4.69, 9.17) is 0 Å².